The van der Waals surface area contributed by atoms with E-state index >= 15 is 0 Å². The number of nitrogens with one attached hydrogen (secondary N) is 2. The second kappa shape index (κ2) is 5.88. The van der Waals surface area contributed by atoms with E-state index in [1.807, 2.05) is 6.92 Å². The molecule has 2 N–H and O–H groups in total. The first-order valence-corrected chi connectivity index (χ1v) is 6.66. The van der Waals surface area contributed by atoms with Crippen molar-refractivity contribution in [2.45, 2.75) is 13.0 Å². The molecular weight excluding hydrogens is 238 g/mol. The minimum absolute atomic E-state index is 0.0380. The van der Waals surface area contributed by atoms with E-state index in [4.69, 9.17) is 4.74 Å². The fourth-order valence-electron chi connectivity index (χ4n) is 1.52. The molecule has 1 aromatic heterocycles. The lowest BCUT2D eigenvalue weighted by atomic mass is 10.3. The third-order valence-electron chi connectivity index (χ3n) is 2.34. The molecule has 1 atom stereocenters. The third-order valence-corrected chi connectivity index (χ3v) is 3.28. The summed E-state index contributed by atoms with van der Waals surface area (Å²) in [6.45, 7) is 2.41. The van der Waals surface area contributed by atoms with E-state index in [-0.39, 0.29) is 11.9 Å². The van der Waals surface area contributed by atoms with Crippen LogP contribution in [0.3, 0.4) is 0 Å². The number of pyridine rings is 1. The Morgan fingerprint density at radius 3 is 3.35 bits per heavy atom. The van der Waals surface area contributed by atoms with Gasteiger partial charge in [-0.15, -0.1) is 11.8 Å². The highest BCUT2D eigenvalue weighted by molar-refractivity contribution is 7.99. The van der Waals surface area contributed by atoms with Crippen LogP contribution in [-0.2, 0) is 4.79 Å². The quantitative estimate of drug-likeness (QED) is 0.840. The normalized spacial score (nSPS) is 19.0. The average molecular weight is 253 g/mol. The van der Waals surface area contributed by atoms with Crippen molar-refractivity contribution in [2.75, 3.05) is 23.6 Å². The molecule has 0 bridgehead atoms. The van der Waals surface area contributed by atoms with Crippen molar-refractivity contribution in [3.63, 3.8) is 0 Å². The molecule has 0 saturated carbocycles. The number of nitrogens with zero attached hydrogens (tertiary/aromatic N) is 1. The molecule has 1 aromatic rings. The van der Waals surface area contributed by atoms with Crippen LogP contribution >= 0.6 is 11.8 Å². The van der Waals surface area contributed by atoms with Gasteiger partial charge in [-0.05, 0) is 19.1 Å². The highest BCUT2D eigenvalue weighted by Crippen LogP contribution is 2.21. The average Bonchev–Trinajstić information content (AvgIpc) is 2.85. The topological polar surface area (TPSA) is 63.2 Å². The number of thioether (sulfide) groups is 1. The molecule has 0 spiro atoms. The molecule has 1 unspecified atom stereocenters. The van der Waals surface area contributed by atoms with Crippen molar-refractivity contribution < 1.29 is 9.53 Å². The molecule has 1 amide bonds. The second-order valence-corrected chi connectivity index (χ2v) is 4.58. The van der Waals surface area contributed by atoms with Gasteiger partial charge in [-0.2, -0.15) is 0 Å². The van der Waals surface area contributed by atoms with Crippen LogP contribution in [0.2, 0.25) is 0 Å². The van der Waals surface area contributed by atoms with Crippen molar-refractivity contribution in [1.82, 2.24) is 10.3 Å². The number of hydrogen-bond donors (Lipinski definition) is 2. The van der Waals surface area contributed by atoms with Gasteiger partial charge in [0.1, 0.15) is 5.69 Å². The smallest absolute Gasteiger partial charge is 0.242 e. The van der Waals surface area contributed by atoms with Crippen LogP contribution in [0.1, 0.15) is 6.92 Å². The fraction of sp³-hybridized carbons (Fsp3) is 0.455. The Morgan fingerprint density at radius 2 is 2.65 bits per heavy atom. The van der Waals surface area contributed by atoms with Crippen LogP contribution in [0, 0.1) is 0 Å². The summed E-state index contributed by atoms with van der Waals surface area (Å²) in [4.78, 5) is 16.0. The summed E-state index contributed by atoms with van der Waals surface area (Å²) in [6.07, 6.45) is 1.64. The van der Waals surface area contributed by atoms with Crippen LogP contribution in [0.15, 0.2) is 18.3 Å². The van der Waals surface area contributed by atoms with Crippen molar-refractivity contribution in [2.24, 2.45) is 0 Å². The van der Waals surface area contributed by atoms with Crippen molar-refractivity contribution in [1.29, 1.82) is 0 Å². The molecule has 6 heteroatoms. The summed E-state index contributed by atoms with van der Waals surface area (Å²) in [5.74, 6) is 2.05. The Labute approximate surface area is 104 Å². The van der Waals surface area contributed by atoms with Gasteiger partial charge < -0.3 is 10.1 Å². The van der Waals surface area contributed by atoms with E-state index in [1.54, 1.807) is 30.1 Å². The Morgan fingerprint density at radius 1 is 1.76 bits per heavy atom. The van der Waals surface area contributed by atoms with E-state index < -0.39 is 0 Å². The van der Waals surface area contributed by atoms with Gasteiger partial charge in [-0.3, -0.25) is 10.1 Å². The van der Waals surface area contributed by atoms with Gasteiger partial charge >= 0.3 is 0 Å². The lowest BCUT2D eigenvalue weighted by Gasteiger charge is -2.12. The van der Waals surface area contributed by atoms with Crippen molar-refractivity contribution in [3.05, 3.63) is 18.3 Å². The van der Waals surface area contributed by atoms with E-state index in [1.165, 1.54) is 0 Å². The van der Waals surface area contributed by atoms with Crippen molar-refractivity contribution in [3.8, 4) is 5.88 Å². The monoisotopic (exact) mass is 253 g/mol. The van der Waals surface area contributed by atoms with E-state index in [0.717, 1.165) is 11.6 Å². The number of carbonyl (C=O) groups excluding carboxylic acids is 1. The Bertz CT molecular complexity index is 394. The van der Waals surface area contributed by atoms with E-state index in [2.05, 4.69) is 15.6 Å². The second-order valence-electron chi connectivity index (χ2n) is 3.55. The summed E-state index contributed by atoms with van der Waals surface area (Å²) in [7, 11) is 0. The minimum Gasteiger partial charge on any atom is -0.476 e. The van der Waals surface area contributed by atoms with Crippen LogP contribution in [-0.4, -0.2) is 35.2 Å². The highest BCUT2D eigenvalue weighted by atomic mass is 32.2. The van der Waals surface area contributed by atoms with Crippen molar-refractivity contribution >= 4 is 23.4 Å². The first-order valence-electron chi connectivity index (χ1n) is 5.51. The molecule has 1 saturated heterocycles. The summed E-state index contributed by atoms with van der Waals surface area (Å²) in [6, 6.07) is 3.43. The molecule has 1 aliphatic rings. The molecule has 0 radical (unpaired) electrons. The van der Waals surface area contributed by atoms with Gasteiger partial charge in [-0.1, -0.05) is 0 Å². The van der Waals surface area contributed by atoms with Gasteiger partial charge in [-0.25, -0.2) is 4.98 Å². The number of hydrogen-bond acceptors (Lipinski definition) is 5. The highest BCUT2D eigenvalue weighted by Gasteiger charge is 2.23. The summed E-state index contributed by atoms with van der Waals surface area (Å²) in [5, 5.41) is 5.95. The number of aromatic nitrogens is 1. The molecule has 1 fully saturated rings. The third kappa shape index (κ3) is 3.10. The number of carbonyl (C=O) groups is 1. The molecule has 1 aliphatic heterocycles. The zero-order valence-corrected chi connectivity index (χ0v) is 10.4. The lowest BCUT2D eigenvalue weighted by Crippen LogP contribution is -2.37. The Hall–Kier alpha value is -1.27. The minimum atomic E-state index is -0.130. The maximum Gasteiger partial charge on any atom is 0.242 e. The number of anilines is 1. The van der Waals surface area contributed by atoms with Gasteiger partial charge in [0.2, 0.25) is 11.8 Å². The summed E-state index contributed by atoms with van der Waals surface area (Å²) < 4.78 is 5.35. The largest absolute Gasteiger partial charge is 0.476 e. The summed E-state index contributed by atoms with van der Waals surface area (Å²) in [5.41, 5.74) is 0.623. The maximum atomic E-state index is 11.9. The number of rotatable bonds is 4. The Kier molecular flexibility index (Phi) is 4.22. The molecule has 17 heavy (non-hydrogen) atoms. The van der Waals surface area contributed by atoms with Crippen LogP contribution in [0.4, 0.5) is 5.69 Å². The van der Waals surface area contributed by atoms with E-state index in [9.17, 15) is 4.79 Å². The van der Waals surface area contributed by atoms with Crippen LogP contribution in [0.5, 0.6) is 5.88 Å². The fourth-order valence-corrected chi connectivity index (χ4v) is 2.46. The molecule has 92 valence electrons. The van der Waals surface area contributed by atoms with Gasteiger partial charge in [0.15, 0.2) is 0 Å². The van der Waals surface area contributed by atoms with E-state index in [0.29, 0.717) is 18.2 Å². The molecule has 2 rings (SSSR count). The molecule has 0 aromatic carbocycles. The molecular formula is C11H15N3O2S. The zero-order chi connectivity index (χ0) is 12.1. The van der Waals surface area contributed by atoms with Crippen LogP contribution < -0.4 is 15.4 Å². The SMILES string of the molecule is CCOc1ncccc1NC(=O)C1CSCN1. The molecule has 0 aliphatic carbocycles. The summed E-state index contributed by atoms with van der Waals surface area (Å²) >= 11 is 1.72. The lowest BCUT2D eigenvalue weighted by molar-refractivity contribution is -0.117. The molecule has 2 heterocycles. The first kappa shape index (κ1) is 12.2. The predicted molar refractivity (Wildman–Crippen MR) is 68.3 cm³/mol. The Balaban J connectivity index is 2.04. The zero-order valence-electron chi connectivity index (χ0n) is 9.60. The van der Waals surface area contributed by atoms with Gasteiger partial charge in [0, 0.05) is 17.8 Å². The number of amides is 1. The maximum absolute atomic E-state index is 11.9. The van der Waals surface area contributed by atoms with Gasteiger partial charge in [0.05, 0.1) is 12.6 Å². The number of ether oxygens (including phenoxy) is 1. The van der Waals surface area contributed by atoms with Crippen LogP contribution in [0.25, 0.3) is 0 Å². The first-order chi connectivity index (χ1) is 8.31. The van der Waals surface area contributed by atoms with Gasteiger partial charge in [0.25, 0.3) is 0 Å². The predicted octanol–water partition coefficient (Wildman–Crippen LogP) is 1.08. The molecule has 5 nitrogen and oxygen atoms in total. The standard InChI is InChI=1S/C11H15N3O2S/c1-2-16-11-8(4-3-5-12-11)14-10(15)9-6-17-7-13-9/h3-5,9,13H,2,6-7H2,1H3,(H,14,15).